The fourth-order valence-corrected chi connectivity index (χ4v) is 9.82. The predicted molar refractivity (Wildman–Crippen MR) is 244 cm³/mol. The van der Waals surface area contributed by atoms with Gasteiger partial charge >= 0.3 is 6.92 Å². The van der Waals surface area contributed by atoms with Gasteiger partial charge in [-0.25, -0.2) is 0 Å². The maximum atomic E-state index is 7.08. The number of para-hydroxylation sites is 6. The first-order valence-electron chi connectivity index (χ1n) is 20.2. The van der Waals surface area contributed by atoms with Gasteiger partial charge < -0.3 is 18.5 Å². The average molecular weight is 753 g/mol. The van der Waals surface area contributed by atoms with Gasteiger partial charge in [0.25, 0.3) is 0 Å². The van der Waals surface area contributed by atoms with Gasteiger partial charge in [-0.05, 0) is 89.0 Å². The van der Waals surface area contributed by atoms with Crippen molar-refractivity contribution in [1.82, 2.24) is 9.13 Å². The van der Waals surface area contributed by atoms with E-state index in [2.05, 4.69) is 197 Å². The minimum absolute atomic E-state index is 0.307. The zero-order valence-corrected chi connectivity index (χ0v) is 31.8. The highest BCUT2D eigenvalue weighted by molar-refractivity contribution is 6.84. The van der Waals surface area contributed by atoms with E-state index in [0.29, 0.717) is 0 Å². The molecule has 2 aliphatic heterocycles. The van der Waals surface area contributed by atoms with Gasteiger partial charge in [-0.1, -0.05) is 133 Å². The van der Waals surface area contributed by atoms with Gasteiger partial charge in [-0.15, -0.1) is 0 Å². The Labute approximate surface area is 340 Å². The van der Waals surface area contributed by atoms with Crippen molar-refractivity contribution in [1.29, 1.82) is 0 Å². The largest absolute Gasteiger partial charge is 0.551 e. The van der Waals surface area contributed by atoms with Crippen LogP contribution in [0.1, 0.15) is 0 Å². The van der Waals surface area contributed by atoms with E-state index in [-0.39, 0.29) is 6.92 Å². The Balaban J connectivity index is 0.986. The number of nitrogens with zero attached hydrogens (tertiary/aromatic N) is 2. The Kier molecular flexibility index (Phi) is 6.78. The fraction of sp³-hybridized carbons (Fsp3) is 0. The lowest BCUT2D eigenvalue weighted by Gasteiger charge is -2.33. The second-order valence-electron chi connectivity index (χ2n) is 15.6. The van der Waals surface area contributed by atoms with Gasteiger partial charge in [0.15, 0.2) is 0 Å². The van der Waals surface area contributed by atoms with Gasteiger partial charge in [0.2, 0.25) is 0 Å². The molecule has 0 fully saturated rings. The summed E-state index contributed by atoms with van der Waals surface area (Å²) in [6.45, 7) is -0.307. The number of rotatable bonds is 4. The number of fused-ring (bicyclic) bond motifs is 10. The minimum Gasteiger partial charge on any atom is -0.551 e. The summed E-state index contributed by atoms with van der Waals surface area (Å²) < 4.78 is 18.6. The van der Waals surface area contributed by atoms with E-state index in [1.165, 1.54) is 43.6 Å². The Morgan fingerprint density at radius 1 is 0.356 bits per heavy atom. The molecule has 2 aromatic heterocycles. The topological polar surface area (TPSA) is 28.3 Å². The molecule has 0 bridgehead atoms. The van der Waals surface area contributed by atoms with Crippen molar-refractivity contribution in [2.45, 2.75) is 0 Å². The zero-order chi connectivity index (χ0) is 38.6. The first-order valence-corrected chi connectivity index (χ1v) is 20.2. The minimum atomic E-state index is -0.307. The molecule has 0 saturated carbocycles. The van der Waals surface area contributed by atoms with E-state index in [0.717, 1.165) is 72.9 Å². The molecular formula is C54H33BN2O2. The highest BCUT2D eigenvalue weighted by Gasteiger charge is 2.41. The highest BCUT2D eigenvalue weighted by Crippen LogP contribution is 2.45. The Hall–Kier alpha value is -7.76. The molecule has 4 nitrogen and oxygen atoms in total. The summed E-state index contributed by atoms with van der Waals surface area (Å²) in [5, 5.41) is 4.98. The van der Waals surface area contributed by atoms with Crippen LogP contribution in [0.4, 0.5) is 0 Å². The normalized spacial score (nSPS) is 12.6. The van der Waals surface area contributed by atoms with Crippen molar-refractivity contribution in [2.75, 3.05) is 0 Å². The molecule has 0 spiro atoms. The second kappa shape index (κ2) is 12.4. The predicted octanol–water partition coefficient (Wildman–Crippen LogP) is 12.5. The van der Waals surface area contributed by atoms with E-state index >= 15 is 0 Å². The van der Waals surface area contributed by atoms with Crippen LogP contribution < -0.4 is 20.3 Å². The summed E-state index contributed by atoms with van der Waals surface area (Å²) in [5.74, 6) is 2.51. The number of benzene rings is 9. The molecule has 4 heterocycles. The Bertz CT molecular complexity index is 3430. The summed E-state index contributed by atoms with van der Waals surface area (Å²) in [6.07, 6.45) is 0. The third-order valence-corrected chi connectivity index (χ3v) is 12.4. The lowest BCUT2D eigenvalue weighted by atomic mass is 9.50. The monoisotopic (exact) mass is 752 g/mol. The molecule has 0 atom stereocenters. The summed E-state index contributed by atoms with van der Waals surface area (Å²) in [5.41, 5.74) is 15.7. The van der Waals surface area contributed by atoms with E-state index in [9.17, 15) is 0 Å². The van der Waals surface area contributed by atoms with Crippen LogP contribution in [0.3, 0.4) is 0 Å². The van der Waals surface area contributed by atoms with Crippen molar-refractivity contribution in [2.24, 2.45) is 0 Å². The maximum absolute atomic E-state index is 7.08. The first-order chi connectivity index (χ1) is 29.3. The highest BCUT2D eigenvalue weighted by atomic mass is 16.5. The molecule has 0 N–H and O–H groups in total. The van der Waals surface area contributed by atoms with Gasteiger partial charge in [0.05, 0.1) is 27.8 Å². The second-order valence-corrected chi connectivity index (χ2v) is 15.6. The zero-order valence-electron chi connectivity index (χ0n) is 31.8. The van der Waals surface area contributed by atoms with Gasteiger partial charge in [0, 0.05) is 49.3 Å². The number of hydrogen-bond acceptors (Lipinski definition) is 2. The molecule has 11 aromatic rings. The van der Waals surface area contributed by atoms with Gasteiger partial charge in [-0.3, -0.25) is 0 Å². The van der Waals surface area contributed by atoms with E-state index in [4.69, 9.17) is 9.39 Å². The Morgan fingerprint density at radius 2 is 0.932 bits per heavy atom. The molecule has 0 unspecified atom stereocenters. The summed E-state index contributed by atoms with van der Waals surface area (Å²) in [4.78, 5) is 0. The summed E-state index contributed by atoms with van der Waals surface area (Å²) in [6, 6.07) is 71.8. The van der Waals surface area contributed by atoms with Crippen molar-refractivity contribution in [3.63, 3.8) is 0 Å². The van der Waals surface area contributed by atoms with E-state index in [1.54, 1.807) is 0 Å². The molecule has 59 heavy (non-hydrogen) atoms. The van der Waals surface area contributed by atoms with Crippen LogP contribution in [0, 0.1) is 0 Å². The lowest BCUT2D eigenvalue weighted by Crippen LogP contribution is -2.53. The molecule has 274 valence electrons. The van der Waals surface area contributed by atoms with Crippen LogP contribution in [-0.4, -0.2) is 16.0 Å². The molecular weight excluding hydrogens is 719 g/mol. The average Bonchev–Trinajstić information content (AvgIpc) is 3.82. The van der Waals surface area contributed by atoms with Crippen molar-refractivity contribution >= 4 is 61.5 Å². The van der Waals surface area contributed by atoms with Crippen LogP contribution >= 0.6 is 0 Å². The molecule has 0 saturated heterocycles. The number of hydrogen-bond donors (Lipinski definition) is 0. The van der Waals surface area contributed by atoms with Crippen LogP contribution in [-0.2, 0) is 0 Å². The molecule has 0 amide bonds. The van der Waals surface area contributed by atoms with E-state index in [1.807, 2.05) is 12.1 Å². The van der Waals surface area contributed by atoms with Gasteiger partial charge in [-0.2, -0.15) is 0 Å². The van der Waals surface area contributed by atoms with Crippen molar-refractivity contribution in [3.05, 3.63) is 200 Å². The fourth-order valence-electron chi connectivity index (χ4n) is 9.82. The molecule has 9 aromatic carbocycles. The molecule has 5 heteroatoms. The quantitative estimate of drug-likeness (QED) is 0.168. The lowest BCUT2D eigenvalue weighted by molar-refractivity contribution is 0.479. The van der Waals surface area contributed by atoms with Crippen LogP contribution in [0.2, 0.25) is 0 Å². The summed E-state index contributed by atoms with van der Waals surface area (Å²) >= 11 is 0. The maximum Gasteiger partial charge on any atom is 0.434 e. The SMILES string of the molecule is c1cc(-c2ccc3c(c2)OB2c4ccccc4Oc4cc(-c5ccccc5-n5c6ccccc6c6ccccc65)cc-3c42)cc(-n2c3ccccc3c3ccccc32)c1. The van der Waals surface area contributed by atoms with Crippen molar-refractivity contribution in [3.8, 4) is 62.0 Å². The third-order valence-electron chi connectivity index (χ3n) is 12.4. The van der Waals surface area contributed by atoms with Crippen LogP contribution in [0.15, 0.2) is 200 Å². The molecule has 0 aliphatic carbocycles. The smallest absolute Gasteiger partial charge is 0.434 e. The van der Waals surface area contributed by atoms with Gasteiger partial charge in [0.1, 0.15) is 17.2 Å². The number of ether oxygens (including phenoxy) is 1. The molecule has 0 radical (unpaired) electrons. The molecule has 13 rings (SSSR count). The Morgan fingerprint density at radius 3 is 1.64 bits per heavy atom. The van der Waals surface area contributed by atoms with Crippen LogP contribution in [0.5, 0.6) is 17.2 Å². The first kappa shape index (κ1) is 32.3. The number of aromatic nitrogens is 2. The standard InChI is InChI=1S/C54H33BN2O2/c1-7-22-46(57-49-25-10-4-19-41(49)42-20-5-11-26-50(42)57)38(16-1)36-31-44-43-29-28-35(32-52(43)59-55-45-21-6-12-27-51(45)58-53(33-36)54(44)55)34-14-13-15-37(30-34)56-47-23-8-2-17-39(47)40-18-3-9-24-48(40)56/h1-33H. The van der Waals surface area contributed by atoms with E-state index < -0.39 is 0 Å². The van der Waals surface area contributed by atoms with Crippen molar-refractivity contribution < 1.29 is 9.39 Å². The third kappa shape index (κ3) is 4.73. The van der Waals surface area contributed by atoms with Crippen LogP contribution in [0.25, 0.3) is 88.4 Å². The molecule has 2 aliphatic rings. The summed E-state index contributed by atoms with van der Waals surface area (Å²) in [7, 11) is 0.